The molecule has 0 aromatic rings. The summed E-state index contributed by atoms with van der Waals surface area (Å²) in [5.74, 6) is -2.39. The van der Waals surface area contributed by atoms with Crippen LogP contribution in [0.5, 0.6) is 0 Å². The number of rotatable bonds is 45. The highest BCUT2D eigenvalue weighted by molar-refractivity contribution is 7.47. The highest BCUT2D eigenvalue weighted by Crippen LogP contribution is 2.43. The van der Waals surface area contributed by atoms with E-state index >= 15 is 0 Å². The van der Waals surface area contributed by atoms with Crippen molar-refractivity contribution >= 4 is 25.7 Å². The molecule has 0 rings (SSSR count). The van der Waals surface area contributed by atoms with Crippen molar-refractivity contribution in [2.45, 2.75) is 231 Å². The van der Waals surface area contributed by atoms with Gasteiger partial charge in [-0.3, -0.25) is 23.4 Å². The summed E-state index contributed by atoms with van der Waals surface area (Å²) in [4.78, 5) is 46.1. The lowest BCUT2D eigenvalue weighted by Gasteiger charge is -2.20. The molecule has 0 saturated heterocycles. The Morgan fingerprint density at radius 3 is 1.32 bits per heavy atom. The summed E-state index contributed by atoms with van der Waals surface area (Å²) >= 11 is 0. The Morgan fingerprint density at radius 2 is 0.883 bits per heavy atom. The van der Waals surface area contributed by atoms with Crippen molar-refractivity contribution in [3.05, 3.63) is 36.5 Å². The summed E-state index contributed by atoms with van der Waals surface area (Å²) in [5.41, 5.74) is 5.34. The minimum absolute atomic E-state index is 0.155. The van der Waals surface area contributed by atoms with Gasteiger partial charge in [0.05, 0.1) is 13.2 Å². The molecule has 0 bridgehead atoms. The summed E-state index contributed by atoms with van der Waals surface area (Å²) in [5, 5.41) is 8.90. The topological polar surface area (TPSA) is 172 Å². The van der Waals surface area contributed by atoms with Crippen molar-refractivity contribution in [3.63, 3.8) is 0 Å². The fourth-order valence-corrected chi connectivity index (χ4v) is 7.34. The molecule has 0 saturated carbocycles. The van der Waals surface area contributed by atoms with Crippen molar-refractivity contribution in [2.24, 2.45) is 5.73 Å². The second-order valence-electron chi connectivity index (χ2n) is 16.2. The largest absolute Gasteiger partial charge is 0.480 e. The van der Waals surface area contributed by atoms with Crippen LogP contribution in [-0.4, -0.2) is 59.9 Å². The van der Waals surface area contributed by atoms with Gasteiger partial charge in [-0.1, -0.05) is 172 Å². The first kappa shape index (κ1) is 57.7. The Labute approximate surface area is 365 Å². The van der Waals surface area contributed by atoms with Crippen LogP contribution in [0.2, 0.25) is 0 Å². The van der Waals surface area contributed by atoms with Crippen molar-refractivity contribution in [3.8, 4) is 0 Å². The maximum atomic E-state index is 12.7. The van der Waals surface area contributed by atoms with Crippen molar-refractivity contribution in [1.29, 1.82) is 0 Å². The van der Waals surface area contributed by atoms with E-state index in [2.05, 4.69) is 54.8 Å². The first-order valence-electron chi connectivity index (χ1n) is 24.0. The maximum absolute atomic E-state index is 12.7. The molecule has 0 aromatic heterocycles. The third-order valence-electron chi connectivity index (χ3n) is 10.4. The number of allylic oxidation sites excluding steroid dienone is 6. The lowest BCUT2D eigenvalue weighted by molar-refractivity contribution is -0.161. The number of carboxylic acids is 1. The molecule has 11 nitrogen and oxygen atoms in total. The summed E-state index contributed by atoms with van der Waals surface area (Å²) in [7, 11) is -4.72. The minimum Gasteiger partial charge on any atom is -0.480 e. The van der Waals surface area contributed by atoms with Crippen LogP contribution in [0.25, 0.3) is 0 Å². The minimum atomic E-state index is -4.72. The molecule has 3 atom stereocenters. The molecule has 4 N–H and O–H groups in total. The van der Waals surface area contributed by atoms with E-state index in [4.69, 9.17) is 24.8 Å². The first-order chi connectivity index (χ1) is 29.1. The second-order valence-corrected chi connectivity index (χ2v) is 17.7. The zero-order valence-electron chi connectivity index (χ0n) is 38.1. The third kappa shape index (κ3) is 42.4. The number of hydrogen-bond donors (Lipinski definition) is 3. The highest BCUT2D eigenvalue weighted by Gasteiger charge is 2.28. The molecule has 0 radical (unpaired) electrons. The smallest absolute Gasteiger partial charge is 0.472 e. The van der Waals surface area contributed by atoms with E-state index in [0.717, 1.165) is 70.6 Å². The predicted octanol–water partition coefficient (Wildman–Crippen LogP) is 13.2. The molecule has 0 heterocycles. The number of phosphoric ester groups is 1. The number of ether oxygens (including phenoxy) is 2. The molecule has 0 fully saturated rings. The van der Waals surface area contributed by atoms with Crippen molar-refractivity contribution in [1.82, 2.24) is 0 Å². The van der Waals surface area contributed by atoms with Crippen LogP contribution in [-0.2, 0) is 37.5 Å². The number of hydrogen-bond acceptors (Lipinski definition) is 9. The molecule has 0 aliphatic carbocycles. The van der Waals surface area contributed by atoms with Crippen LogP contribution in [0.4, 0.5) is 0 Å². The Bertz CT molecular complexity index is 1160. The summed E-state index contributed by atoms with van der Waals surface area (Å²) in [6.07, 6.45) is 47.7. The average Bonchev–Trinajstić information content (AvgIpc) is 3.22. The number of esters is 2. The number of phosphoric acid groups is 1. The van der Waals surface area contributed by atoms with Crippen LogP contribution in [0, 0.1) is 0 Å². The van der Waals surface area contributed by atoms with Gasteiger partial charge in [-0.2, -0.15) is 0 Å². The van der Waals surface area contributed by atoms with Gasteiger partial charge >= 0.3 is 25.7 Å². The molecule has 0 amide bonds. The quantitative estimate of drug-likeness (QED) is 0.0230. The number of carbonyl (C=O) groups excluding carboxylic acids is 2. The van der Waals surface area contributed by atoms with Gasteiger partial charge in [-0.25, -0.2) is 4.57 Å². The van der Waals surface area contributed by atoms with Crippen LogP contribution in [0.15, 0.2) is 36.5 Å². The van der Waals surface area contributed by atoms with Gasteiger partial charge in [0.2, 0.25) is 0 Å². The molecule has 0 aromatic carbocycles. The molecule has 60 heavy (non-hydrogen) atoms. The van der Waals surface area contributed by atoms with Crippen LogP contribution >= 0.6 is 7.82 Å². The number of unbranched alkanes of at least 4 members (excludes halogenated alkanes) is 25. The van der Waals surface area contributed by atoms with Crippen molar-refractivity contribution < 1.29 is 47.5 Å². The normalized spacial score (nSPS) is 13.9. The van der Waals surface area contributed by atoms with Crippen LogP contribution < -0.4 is 5.73 Å². The van der Waals surface area contributed by atoms with E-state index in [9.17, 15) is 23.8 Å². The van der Waals surface area contributed by atoms with Crippen molar-refractivity contribution in [2.75, 3.05) is 19.8 Å². The molecule has 0 aliphatic rings. The molecular weight excluding hydrogens is 781 g/mol. The maximum Gasteiger partial charge on any atom is 0.472 e. The Balaban J connectivity index is 4.30. The molecule has 3 unspecified atom stereocenters. The van der Waals surface area contributed by atoms with Crippen LogP contribution in [0.1, 0.15) is 219 Å². The molecule has 12 heteroatoms. The van der Waals surface area contributed by atoms with Crippen LogP contribution in [0.3, 0.4) is 0 Å². The lowest BCUT2D eigenvalue weighted by Crippen LogP contribution is -2.34. The van der Waals surface area contributed by atoms with E-state index in [1.807, 2.05) is 0 Å². The Hall–Kier alpha value is -2.30. The summed E-state index contributed by atoms with van der Waals surface area (Å²) in [6.45, 7) is 2.79. The van der Waals surface area contributed by atoms with Gasteiger partial charge < -0.3 is 25.2 Å². The van der Waals surface area contributed by atoms with Gasteiger partial charge in [0, 0.05) is 12.8 Å². The zero-order valence-corrected chi connectivity index (χ0v) is 38.9. The lowest BCUT2D eigenvalue weighted by atomic mass is 10.1. The highest BCUT2D eigenvalue weighted by atomic mass is 31.2. The SMILES string of the molecule is CCCCCCC/C=C\C/C=C\CCCCCCCCCCCC(=O)OC(COC(=O)CCCCCCC/C=C\CCCCCCCC)COP(=O)(O)OCC(N)C(=O)O. The standard InChI is InChI=1S/C48H88NO10P/c1-3-5-7-9-11-13-15-17-19-20-21-22-23-24-26-28-30-32-34-36-38-40-47(51)59-44(42-57-60(54,55)58-43-45(49)48(52)53)41-56-46(50)39-37-35-33-31-29-27-25-18-16-14-12-10-8-6-4-2/h15,17-18,20-21,25,44-45H,3-14,16,19,22-24,26-43,49H2,1-2H3,(H,52,53)(H,54,55)/b17-15-,21-20-,25-18-. The number of carbonyl (C=O) groups is 3. The second kappa shape index (κ2) is 43.4. The van der Waals surface area contributed by atoms with E-state index in [1.165, 1.54) is 109 Å². The zero-order chi connectivity index (χ0) is 44.2. The number of carboxylic acid groups (broad SMARTS) is 1. The predicted molar refractivity (Wildman–Crippen MR) is 245 cm³/mol. The fraction of sp³-hybridized carbons (Fsp3) is 0.812. The van der Waals surface area contributed by atoms with Gasteiger partial charge in [0.15, 0.2) is 6.10 Å². The Kier molecular flexibility index (Phi) is 41.7. The molecule has 0 aliphatic heterocycles. The molecule has 350 valence electrons. The Morgan fingerprint density at radius 1 is 0.517 bits per heavy atom. The van der Waals surface area contributed by atoms with Gasteiger partial charge in [0.25, 0.3) is 0 Å². The average molecular weight is 870 g/mol. The van der Waals surface area contributed by atoms with E-state index in [1.54, 1.807) is 0 Å². The summed E-state index contributed by atoms with van der Waals surface area (Å²) in [6, 6.07) is -1.52. The first-order valence-corrected chi connectivity index (χ1v) is 25.5. The van der Waals surface area contributed by atoms with Gasteiger partial charge in [-0.15, -0.1) is 0 Å². The van der Waals surface area contributed by atoms with Gasteiger partial charge in [0.1, 0.15) is 12.6 Å². The van der Waals surface area contributed by atoms with E-state index in [0.29, 0.717) is 12.8 Å². The monoisotopic (exact) mass is 870 g/mol. The summed E-state index contributed by atoms with van der Waals surface area (Å²) < 4.78 is 32.8. The molecular formula is C48H88NO10P. The fourth-order valence-electron chi connectivity index (χ4n) is 6.56. The number of aliphatic carboxylic acids is 1. The van der Waals surface area contributed by atoms with E-state index < -0.39 is 51.1 Å². The van der Waals surface area contributed by atoms with E-state index in [-0.39, 0.29) is 19.4 Å². The third-order valence-corrected chi connectivity index (χ3v) is 11.3. The molecule has 0 spiro atoms. The number of nitrogens with two attached hydrogens (primary N) is 1. The van der Waals surface area contributed by atoms with Gasteiger partial charge in [-0.05, 0) is 70.6 Å².